The van der Waals surface area contributed by atoms with Gasteiger partial charge in [0.1, 0.15) is 24.0 Å². The SMILES string of the molecule is CC=CCOc1cc(F)c2c(F)c(C3CCC4CC(CCC)CCC4C3)ccc2c1. The summed E-state index contributed by atoms with van der Waals surface area (Å²) in [6, 6.07) is 6.80. The predicted octanol–water partition coefficient (Wildman–Crippen LogP) is 8.17. The Balaban J connectivity index is 1.53. The Hall–Kier alpha value is -1.90. The first-order valence-corrected chi connectivity index (χ1v) is 11.8. The Morgan fingerprint density at radius 2 is 1.83 bits per heavy atom. The first-order valence-electron chi connectivity index (χ1n) is 11.8. The van der Waals surface area contributed by atoms with Crippen molar-refractivity contribution in [1.82, 2.24) is 0 Å². The molecule has 0 saturated heterocycles. The lowest BCUT2D eigenvalue weighted by atomic mass is 9.63. The number of benzene rings is 2. The van der Waals surface area contributed by atoms with Crippen molar-refractivity contribution in [2.24, 2.45) is 17.8 Å². The van der Waals surface area contributed by atoms with E-state index in [0.29, 0.717) is 29.2 Å². The molecule has 4 rings (SSSR count). The average Bonchev–Trinajstić information content (AvgIpc) is 2.74. The highest BCUT2D eigenvalue weighted by Gasteiger charge is 2.36. The topological polar surface area (TPSA) is 9.23 Å². The van der Waals surface area contributed by atoms with Crippen molar-refractivity contribution < 1.29 is 13.5 Å². The van der Waals surface area contributed by atoms with E-state index in [-0.39, 0.29) is 17.1 Å². The first kappa shape index (κ1) is 21.3. The van der Waals surface area contributed by atoms with Gasteiger partial charge in [0.2, 0.25) is 0 Å². The molecule has 2 aliphatic carbocycles. The zero-order valence-electron chi connectivity index (χ0n) is 18.3. The molecule has 4 atom stereocenters. The summed E-state index contributed by atoms with van der Waals surface area (Å²) >= 11 is 0. The monoisotopic (exact) mass is 412 g/mol. The highest BCUT2D eigenvalue weighted by atomic mass is 19.1. The molecule has 0 aromatic heterocycles. The molecule has 2 aromatic carbocycles. The van der Waals surface area contributed by atoms with Crippen LogP contribution in [0.25, 0.3) is 10.8 Å². The minimum Gasteiger partial charge on any atom is -0.489 e. The number of allylic oxidation sites excluding steroid dienone is 1. The second-order valence-corrected chi connectivity index (χ2v) is 9.35. The molecule has 2 aliphatic rings. The number of hydrogen-bond donors (Lipinski definition) is 0. The molecule has 30 heavy (non-hydrogen) atoms. The fourth-order valence-electron chi connectivity index (χ4n) is 5.94. The molecule has 4 unspecified atom stereocenters. The lowest BCUT2D eigenvalue weighted by Crippen LogP contribution is -2.30. The third-order valence-electron chi connectivity index (χ3n) is 7.45. The molecule has 1 nitrogen and oxygen atoms in total. The van der Waals surface area contributed by atoms with Gasteiger partial charge in [0.25, 0.3) is 0 Å². The zero-order valence-corrected chi connectivity index (χ0v) is 18.3. The van der Waals surface area contributed by atoms with E-state index >= 15 is 4.39 Å². The van der Waals surface area contributed by atoms with Gasteiger partial charge in [0, 0.05) is 6.07 Å². The smallest absolute Gasteiger partial charge is 0.137 e. The van der Waals surface area contributed by atoms with Gasteiger partial charge in [-0.15, -0.1) is 0 Å². The van der Waals surface area contributed by atoms with Crippen LogP contribution in [0.4, 0.5) is 8.78 Å². The highest BCUT2D eigenvalue weighted by Crippen LogP contribution is 2.49. The minimum atomic E-state index is -0.531. The van der Waals surface area contributed by atoms with Crippen LogP contribution < -0.4 is 4.74 Å². The van der Waals surface area contributed by atoms with E-state index in [1.165, 1.54) is 44.6 Å². The van der Waals surface area contributed by atoms with Crippen LogP contribution in [0, 0.1) is 29.4 Å². The molecule has 0 bridgehead atoms. The van der Waals surface area contributed by atoms with Crippen LogP contribution in [0.2, 0.25) is 0 Å². The number of ether oxygens (including phenoxy) is 1. The normalized spacial score (nSPS) is 26.8. The lowest BCUT2D eigenvalue weighted by molar-refractivity contribution is 0.113. The largest absolute Gasteiger partial charge is 0.489 e. The molecule has 0 spiro atoms. The van der Waals surface area contributed by atoms with E-state index in [2.05, 4.69) is 6.92 Å². The van der Waals surface area contributed by atoms with Gasteiger partial charge in [-0.3, -0.25) is 0 Å². The fraction of sp³-hybridized carbons (Fsp3) is 0.556. The summed E-state index contributed by atoms with van der Waals surface area (Å²) in [4.78, 5) is 0. The summed E-state index contributed by atoms with van der Waals surface area (Å²) in [6.07, 6.45) is 13.6. The quantitative estimate of drug-likeness (QED) is 0.435. The van der Waals surface area contributed by atoms with E-state index in [0.717, 1.165) is 24.7 Å². The third kappa shape index (κ3) is 4.40. The van der Waals surface area contributed by atoms with Gasteiger partial charge in [-0.2, -0.15) is 0 Å². The van der Waals surface area contributed by atoms with Crippen molar-refractivity contribution in [1.29, 1.82) is 0 Å². The second kappa shape index (κ2) is 9.49. The summed E-state index contributed by atoms with van der Waals surface area (Å²) in [7, 11) is 0. The molecule has 162 valence electrons. The zero-order chi connectivity index (χ0) is 21.1. The summed E-state index contributed by atoms with van der Waals surface area (Å²) in [5.41, 5.74) is 0.707. The summed E-state index contributed by atoms with van der Waals surface area (Å²) in [5, 5.41) is 0.681. The molecule has 0 heterocycles. The van der Waals surface area contributed by atoms with E-state index < -0.39 is 5.82 Å². The summed E-state index contributed by atoms with van der Waals surface area (Å²) in [5.74, 6) is 2.16. The van der Waals surface area contributed by atoms with E-state index in [4.69, 9.17) is 4.74 Å². The van der Waals surface area contributed by atoms with Gasteiger partial charge in [-0.1, -0.05) is 50.5 Å². The van der Waals surface area contributed by atoms with Crippen LogP contribution in [0.15, 0.2) is 36.4 Å². The van der Waals surface area contributed by atoms with Crippen LogP contribution >= 0.6 is 0 Å². The van der Waals surface area contributed by atoms with Gasteiger partial charge < -0.3 is 4.74 Å². The van der Waals surface area contributed by atoms with Crippen LogP contribution in [-0.4, -0.2) is 6.61 Å². The molecule has 0 radical (unpaired) electrons. The highest BCUT2D eigenvalue weighted by molar-refractivity contribution is 5.86. The summed E-state index contributed by atoms with van der Waals surface area (Å²) in [6.45, 7) is 4.57. The average molecular weight is 413 g/mol. The molecular formula is C27H34F2O. The molecule has 0 aliphatic heterocycles. The lowest BCUT2D eigenvalue weighted by Gasteiger charge is -2.42. The van der Waals surface area contributed by atoms with Gasteiger partial charge >= 0.3 is 0 Å². The van der Waals surface area contributed by atoms with Crippen molar-refractivity contribution in [3.63, 3.8) is 0 Å². The predicted molar refractivity (Wildman–Crippen MR) is 120 cm³/mol. The van der Waals surface area contributed by atoms with Crippen molar-refractivity contribution in [2.45, 2.75) is 71.1 Å². The van der Waals surface area contributed by atoms with Crippen molar-refractivity contribution in [3.8, 4) is 5.75 Å². The molecule has 3 heteroatoms. The molecule has 2 saturated carbocycles. The standard InChI is InChI=1S/C27H34F2O/c1-3-5-13-30-23-16-22-11-12-24(27(29)26(22)25(28)17-23)21-10-9-19-14-18(6-4-2)7-8-20(19)15-21/h3,5,11-12,16-21H,4,6-10,13-15H2,1-2H3. The number of rotatable bonds is 6. The van der Waals surface area contributed by atoms with Crippen LogP contribution in [0.5, 0.6) is 5.75 Å². The van der Waals surface area contributed by atoms with Gasteiger partial charge in [-0.05, 0) is 79.7 Å². The van der Waals surface area contributed by atoms with E-state index in [1.54, 1.807) is 6.07 Å². The molecule has 0 amide bonds. The molecular weight excluding hydrogens is 378 g/mol. The van der Waals surface area contributed by atoms with Crippen molar-refractivity contribution in [2.75, 3.05) is 6.61 Å². The van der Waals surface area contributed by atoms with Gasteiger partial charge in [0.05, 0.1) is 5.39 Å². The number of hydrogen-bond acceptors (Lipinski definition) is 1. The van der Waals surface area contributed by atoms with Gasteiger partial charge in [0.15, 0.2) is 0 Å². The molecule has 0 N–H and O–H groups in total. The molecule has 2 fully saturated rings. The fourth-order valence-corrected chi connectivity index (χ4v) is 5.94. The van der Waals surface area contributed by atoms with Crippen molar-refractivity contribution >= 4 is 10.8 Å². The minimum absolute atomic E-state index is 0.111. The summed E-state index contributed by atoms with van der Waals surface area (Å²) < 4.78 is 35.8. The van der Waals surface area contributed by atoms with E-state index in [1.807, 2.05) is 31.2 Å². The van der Waals surface area contributed by atoms with Crippen molar-refractivity contribution in [3.05, 3.63) is 53.6 Å². The Morgan fingerprint density at radius 3 is 2.63 bits per heavy atom. The van der Waals surface area contributed by atoms with Crippen LogP contribution in [-0.2, 0) is 0 Å². The Kier molecular flexibility index (Phi) is 6.75. The number of fused-ring (bicyclic) bond motifs is 2. The van der Waals surface area contributed by atoms with Crippen LogP contribution in [0.3, 0.4) is 0 Å². The van der Waals surface area contributed by atoms with E-state index in [9.17, 15) is 4.39 Å². The Bertz CT molecular complexity index is 903. The Morgan fingerprint density at radius 1 is 1.03 bits per heavy atom. The van der Waals surface area contributed by atoms with Crippen LogP contribution in [0.1, 0.15) is 76.7 Å². The maximum atomic E-state index is 15.4. The third-order valence-corrected chi connectivity index (χ3v) is 7.45. The van der Waals surface area contributed by atoms with Gasteiger partial charge in [-0.25, -0.2) is 8.78 Å². The first-order chi connectivity index (χ1) is 14.6. The maximum absolute atomic E-state index is 15.4. The second-order valence-electron chi connectivity index (χ2n) is 9.35. The number of halogens is 2. The maximum Gasteiger partial charge on any atom is 0.137 e. The Labute approximate surface area is 179 Å². The molecule has 2 aromatic rings.